The number of carbonyl (C=O) groups is 1. The molecule has 0 saturated heterocycles. The standard InChI is InChI=1S/C19H24N6OS2/c1-13-7-5-6-8-16(13)25-14(2)22-23-19(25)28-12-17-21-15(11-27-17)18(26)20-9-10-24(3)4/h5-8,11H,9-10,12H2,1-4H3,(H,20,26). The molecule has 1 N–H and O–H groups in total. The maximum Gasteiger partial charge on any atom is 0.270 e. The second kappa shape index (κ2) is 9.31. The Hall–Kier alpha value is -2.23. The van der Waals surface area contributed by atoms with Crippen LogP contribution in [0, 0.1) is 13.8 Å². The van der Waals surface area contributed by atoms with Crippen LogP contribution in [0.3, 0.4) is 0 Å². The molecule has 0 aliphatic rings. The number of carbonyl (C=O) groups excluding carboxylic acids is 1. The maximum atomic E-state index is 12.2. The third kappa shape index (κ3) is 4.98. The Balaban J connectivity index is 1.65. The molecule has 0 aliphatic carbocycles. The van der Waals surface area contributed by atoms with E-state index >= 15 is 0 Å². The lowest BCUT2D eigenvalue weighted by atomic mass is 10.2. The number of para-hydroxylation sites is 1. The summed E-state index contributed by atoms with van der Waals surface area (Å²) in [6, 6.07) is 8.17. The van der Waals surface area contributed by atoms with Gasteiger partial charge in [-0.25, -0.2) is 4.98 Å². The smallest absolute Gasteiger partial charge is 0.270 e. The van der Waals surface area contributed by atoms with Gasteiger partial charge in [-0.3, -0.25) is 9.36 Å². The van der Waals surface area contributed by atoms with Gasteiger partial charge in [-0.15, -0.1) is 21.5 Å². The van der Waals surface area contributed by atoms with Gasteiger partial charge in [0, 0.05) is 18.5 Å². The number of thiazole rings is 1. The van der Waals surface area contributed by atoms with Crippen LogP contribution in [0.2, 0.25) is 0 Å². The zero-order chi connectivity index (χ0) is 20.1. The summed E-state index contributed by atoms with van der Waals surface area (Å²) in [4.78, 5) is 18.7. The van der Waals surface area contributed by atoms with Gasteiger partial charge >= 0.3 is 0 Å². The third-order valence-electron chi connectivity index (χ3n) is 4.11. The minimum Gasteiger partial charge on any atom is -0.349 e. The van der Waals surface area contributed by atoms with Crippen molar-refractivity contribution in [2.24, 2.45) is 0 Å². The van der Waals surface area contributed by atoms with Crippen LogP contribution in [0.4, 0.5) is 0 Å². The van der Waals surface area contributed by atoms with Crippen LogP contribution in [-0.2, 0) is 5.75 Å². The Morgan fingerprint density at radius 3 is 2.79 bits per heavy atom. The van der Waals surface area contributed by atoms with Crippen LogP contribution in [0.1, 0.15) is 26.9 Å². The molecule has 2 heterocycles. The minimum atomic E-state index is -0.131. The van der Waals surface area contributed by atoms with E-state index in [0.717, 1.165) is 33.8 Å². The molecule has 2 aromatic heterocycles. The largest absolute Gasteiger partial charge is 0.349 e. The molecule has 0 saturated carbocycles. The van der Waals surface area contributed by atoms with Gasteiger partial charge in [0.05, 0.1) is 11.4 Å². The number of nitrogens with one attached hydrogen (secondary N) is 1. The predicted octanol–water partition coefficient (Wildman–Crippen LogP) is 2.92. The van der Waals surface area contributed by atoms with Gasteiger partial charge in [-0.1, -0.05) is 30.0 Å². The van der Waals surface area contributed by atoms with Crippen molar-refractivity contribution in [3.63, 3.8) is 0 Å². The number of amides is 1. The summed E-state index contributed by atoms with van der Waals surface area (Å²) in [5, 5.41) is 14.9. The second-order valence-corrected chi connectivity index (χ2v) is 8.51. The van der Waals surface area contributed by atoms with E-state index in [2.05, 4.69) is 44.1 Å². The van der Waals surface area contributed by atoms with Crippen LogP contribution in [0.5, 0.6) is 0 Å². The number of rotatable bonds is 8. The van der Waals surface area contributed by atoms with E-state index < -0.39 is 0 Å². The van der Waals surface area contributed by atoms with Gasteiger partial charge in [-0.05, 0) is 39.6 Å². The quantitative estimate of drug-likeness (QED) is 0.569. The van der Waals surface area contributed by atoms with E-state index in [1.807, 2.05) is 38.1 Å². The molecule has 1 amide bonds. The zero-order valence-corrected chi connectivity index (χ0v) is 18.1. The highest BCUT2D eigenvalue weighted by molar-refractivity contribution is 7.98. The highest BCUT2D eigenvalue weighted by Crippen LogP contribution is 2.27. The van der Waals surface area contributed by atoms with E-state index in [1.54, 1.807) is 17.1 Å². The zero-order valence-electron chi connectivity index (χ0n) is 16.5. The van der Waals surface area contributed by atoms with Gasteiger partial charge in [-0.2, -0.15) is 0 Å². The summed E-state index contributed by atoms with van der Waals surface area (Å²) in [5.74, 6) is 1.35. The van der Waals surface area contributed by atoms with Gasteiger partial charge < -0.3 is 10.2 Å². The predicted molar refractivity (Wildman–Crippen MR) is 113 cm³/mol. The second-order valence-electron chi connectivity index (χ2n) is 6.63. The number of benzene rings is 1. The summed E-state index contributed by atoms with van der Waals surface area (Å²) in [6.07, 6.45) is 0. The maximum absolute atomic E-state index is 12.2. The average Bonchev–Trinajstić information content (AvgIpc) is 3.27. The molecular weight excluding hydrogens is 392 g/mol. The lowest BCUT2D eigenvalue weighted by molar-refractivity contribution is 0.0946. The Kier molecular flexibility index (Phi) is 6.82. The number of aromatic nitrogens is 4. The molecule has 0 spiro atoms. The van der Waals surface area contributed by atoms with Crippen molar-refractivity contribution in [3.05, 3.63) is 51.7 Å². The van der Waals surface area contributed by atoms with Gasteiger partial charge in [0.25, 0.3) is 5.91 Å². The molecule has 9 heteroatoms. The molecular formula is C19H24N6OS2. The first-order valence-electron chi connectivity index (χ1n) is 8.94. The first-order chi connectivity index (χ1) is 13.5. The molecule has 0 unspecified atom stereocenters. The molecule has 0 radical (unpaired) electrons. The van der Waals surface area contributed by atoms with Crippen molar-refractivity contribution >= 4 is 29.0 Å². The van der Waals surface area contributed by atoms with Crippen LogP contribution < -0.4 is 5.32 Å². The number of aryl methyl sites for hydroxylation is 2. The van der Waals surface area contributed by atoms with Crippen molar-refractivity contribution in [3.8, 4) is 5.69 Å². The Morgan fingerprint density at radius 1 is 1.25 bits per heavy atom. The summed E-state index contributed by atoms with van der Waals surface area (Å²) in [6.45, 7) is 5.42. The topological polar surface area (TPSA) is 75.9 Å². The summed E-state index contributed by atoms with van der Waals surface area (Å²) < 4.78 is 2.06. The highest BCUT2D eigenvalue weighted by Gasteiger charge is 2.15. The minimum absolute atomic E-state index is 0.131. The summed E-state index contributed by atoms with van der Waals surface area (Å²) in [5.41, 5.74) is 2.71. The summed E-state index contributed by atoms with van der Waals surface area (Å²) >= 11 is 3.06. The van der Waals surface area contributed by atoms with Crippen molar-refractivity contribution in [2.45, 2.75) is 24.8 Å². The summed E-state index contributed by atoms with van der Waals surface area (Å²) in [7, 11) is 3.95. The van der Waals surface area contributed by atoms with E-state index in [0.29, 0.717) is 18.0 Å². The fourth-order valence-corrected chi connectivity index (χ4v) is 4.40. The Labute approximate surface area is 173 Å². The molecule has 7 nitrogen and oxygen atoms in total. The van der Waals surface area contributed by atoms with Gasteiger partial charge in [0.1, 0.15) is 16.5 Å². The molecule has 1 aromatic carbocycles. The number of hydrogen-bond donors (Lipinski definition) is 1. The van der Waals surface area contributed by atoms with E-state index in [-0.39, 0.29) is 5.91 Å². The SMILES string of the molecule is Cc1ccccc1-n1c(C)nnc1SCc1nc(C(=O)NCCN(C)C)cs1. The Bertz CT molecular complexity index is 950. The molecule has 148 valence electrons. The fraction of sp³-hybridized carbons (Fsp3) is 0.368. The fourth-order valence-electron chi connectivity index (χ4n) is 2.62. The van der Waals surface area contributed by atoms with Gasteiger partial charge in [0.2, 0.25) is 0 Å². The van der Waals surface area contributed by atoms with Crippen molar-refractivity contribution in [1.29, 1.82) is 0 Å². The number of nitrogens with zero attached hydrogens (tertiary/aromatic N) is 5. The van der Waals surface area contributed by atoms with E-state index in [4.69, 9.17) is 0 Å². The Morgan fingerprint density at radius 2 is 2.04 bits per heavy atom. The van der Waals surface area contributed by atoms with Crippen LogP contribution in [0.25, 0.3) is 5.69 Å². The van der Waals surface area contributed by atoms with Crippen molar-refractivity contribution < 1.29 is 4.79 Å². The number of likely N-dealkylation sites (N-methyl/N-ethyl adjacent to an activating group) is 1. The van der Waals surface area contributed by atoms with E-state index in [1.165, 1.54) is 11.3 Å². The molecule has 0 fully saturated rings. The molecule has 3 aromatic rings. The normalized spacial score (nSPS) is 11.2. The van der Waals surface area contributed by atoms with Crippen LogP contribution >= 0.6 is 23.1 Å². The lowest BCUT2D eigenvalue weighted by Crippen LogP contribution is -2.31. The molecule has 0 bridgehead atoms. The first-order valence-corrected chi connectivity index (χ1v) is 10.8. The lowest BCUT2D eigenvalue weighted by Gasteiger charge is -2.10. The van der Waals surface area contributed by atoms with Crippen molar-refractivity contribution in [1.82, 2.24) is 30.0 Å². The molecule has 3 rings (SSSR count). The highest BCUT2D eigenvalue weighted by atomic mass is 32.2. The molecule has 0 atom stereocenters. The van der Waals surface area contributed by atoms with Gasteiger partial charge in [0.15, 0.2) is 5.16 Å². The average molecular weight is 417 g/mol. The molecule has 28 heavy (non-hydrogen) atoms. The third-order valence-corrected chi connectivity index (χ3v) is 6.08. The first kappa shape index (κ1) is 20.5. The van der Waals surface area contributed by atoms with Crippen LogP contribution in [-0.4, -0.2) is 57.7 Å². The number of thioether (sulfide) groups is 1. The number of hydrogen-bond acceptors (Lipinski definition) is 7. The van der Waals surface area contributed by atoms with E-state index in [9.17, 15) is 4.79 Å². The molecule has 0 aliphatic heterocycles. The van der Waals surface area contributed by atoms with Crippen molar-refractivity contribution in [2.75, 3.05) is 27.2 Å². The monoisotopic (exact) mass is 416 g/mol. The van der Waals surface area contributed by atoms with Crippen LogP contribution in [0.15, 0.2) is 34.8 Å².